The first-order valence-corrected chi connectivity index (χ1v) is 10.5. The van der Waals surface area contributed by atoms with Crippen molar-refractivity contribution in [3.63, 3.8) is 0 Å². The highest BCUT2D eigenvalue weighted by atomic mass is 16.5. The van der Waals surface area contributed by atoms with Crippen LogP contribution in [-0.2, 0) is 16.1 Å². The van der Waals surface area contributed by atoms with Gasteiger partial charge in [0.05, 0.1) is 24.7 Å². The standard InChI is InChI=1S/C25H29N3O3/c1-6-31-25(30)23-18(4)19-12-7-8-13-20(19)26-21(23)14-28(5)15-22(29)27-24-16(2)10-9-11-17(24)3/h7-13H,6,14-15H2,1-5H3,(H,27,29)/p+1. The number of amides is 1. The average Bonchev–Trinajstić information content (AvgIpc) is 2.71. The van der Waals surface area contributed by atoms with Crippen LogP contribution < -0.4 is 10.2 Å². The molecule has 1 heterocycles. The van der Waals surface area contributed by atoms with Crippen molar-refractivity contribution >= 4 is 28.5 Å². The molecule has 1 atom stereocenters. The van der Waals surface area contributed by atoms with Crippen LogP contribution in [0.4, 0.5) is 5.69 Å². The maximum Gasteiger partial charge on any atom is 0.340 e. The summed E-state index contributed by atoms with van der Waals surface area (Å²) in [5, 5.41) is 3.95. The minimum Gasteiger partial charge on any atom is -0.462 e. The van der Waals surface area contributed by atoms with Crippen molar-refractivity contribution in [3.05, 3.63) is 70.4 Å². The van der Waals surface area contributed by atoms with Crippen LogP contribution in [-0.4, -0.2) is 37.1 Å². The van der Waals surface area contributed by atoms with Crippen molar-refractivity contribution in [2.45, 2.75) is 34.2 Å². The van der Waals surface area contributed by atoms with E-state index in [1.807, 2.05) is 70.3 Å². The maximum atomic E-state index is 12.7. The SMILES string of the molecule is CCOC(=O)c1c(C[NH+](C)CC(=O)Nc2c(C)cccc2C)nc2ccccc2c1C. The summed E-state index contributed by atoms with van der Waals surface area (Å²) in [4.78, 5) is 31.0. The van der Waals surface area contributed by atoms with Gasteiger partial charge in [0.2, 0.25) is 0 Å². The van der Waals surface area contributed by atoms with E-state index in [0.717, 1.165) is 38.2 Å². The summed E-state index contributed by atoms with van der Waals surface area (Å²) in [6, 6.07) is 13.7. The van der Waals surface area contributed by atoms with Gasteiger partial charge in [-0.05, 0) is 50.5 Å². The monoisotopic (exact) mass is 420 g/mol. The van der Waals surface area contributed by atoms with E-state index in [-0.39, 0.29) is 18.4 Å². The number of fused-ring (bicyclic) bond motifs is 1. The fourth-order valence-electron chi connectivity index (χ4n) is 3.86. The van der Waals surface area contributed by atoms with Crippen LogP contribution in [0.5, 0.6) is 0 Å². The maximum absolute atomic E-state index is 12.7. The molecule has 1 unspecified atom stereocenters. The summed E-state index contributed by atoms with van der Waals surface area (Å²) < 4.78 is 5.30. The summed E-state index contributed by atoms with van der Waals surface area (Å²) in [6.45, 7) is 8.65. The predicted octanol–water partition coefficient (Wildman–Crippen LogP) is 2.99. The van der Waals surface area contributed by atoms with Gasteiger partial charge in [0.1, 0.15) is 12.2 Å². The van der Waals surface area contributed by atoms with E-state index in [9.17, 15) is 9.59 Å². The van der Waals surface area contributed by atoms with Crippen LogP contribution in [0, 0.1) is 20.8 Å². The Hall–Kier alpha value is -3.25. The first kappa shape index (κ1) is 22.4. The van der Waals surface area contributed by atoms with Gasteiger partial charge in [-0.1, -0.05) is 36.4 Å². The topological polar surface area (TPSA) is 72.7 Å². The van der Waals surface area contributed by atoms with Gasteiger partial charge in [-0.15, -0.1) is 0 Å². The Morgan fingerprint density at radius 1 is 1.03 bits per heavy atom. The quantitative estimate of drug-likeness (QED) is 0.577. The largest absolute Gasteiger partial charge is 0.462 e. The number of benzene rings is 2. The highest BCUT2D eigenvalue weighted by Gasteiger charge is 2.23. The van der Waals surface area contributed by atoms with E-state index in [0.29, 0.717) is 24.4 Å². The molecule has 6 nitrogen and oxygen atoms in total. The van der Waals surface area contributed by atoms with Crippen molar-refractivity contribution in [1.82, 2.24) is 4.98 Å². The minimum atomic E-state index is -0.374. The number of esters is 1. The average molecular weight is 421 g/mol. The number of aromatic nitrogens is 1. The number of hydrogen-bond donors (Lipinski definition) is 2. The van der Waals surface area contributed by atoms with E-state index in [1.54, 1.807) is 6.92 Å². The van der Waals surface area contributed by atoms with Crippen LogP contribution in [0.1, 0.15) is 39.7 Å². The lowest BCUT2D eigenvalue weighted by atomic mass is 10.0. The van der Waals surface area contributed by atoms with Crippen molar-refractivity contribution in [2.24, 2.45) is 0 Å². The normalized spacial score (nSPS) is 11.9. The zero-order chi connectivity index (χ0) is 22.5. The third-order valence-corrected chi connectivity index (χ3v) is 5.38. The van der Waals surface area contributed by atoms with Gasteiger partial charge >= 0.3 is 5.97 Å². The number of pyridine rings is 1. The summed E-state index contributed by atoms with van der Waals surface area (Å²) in [5.74, 6) is -0.453. The lowest BCUT2D eigenvalue weighted by Crippen LogP contribution is -3.08. The van der Waals surface area contributed by atoms with Crippen LogP contribution in [0.3, 0.4) is 0 Å². The number of likely N-dealkylation sites (N-methyl/N-ethyl adjacent to an activating group) is 1. The van der Waals surface area contributed by atoms with Crippen molar-refractivity contribution in [3.8, 4) is 0 Å². The number of nitrogens with one attached hydrogen (secondary N) is 2. The second-order valence-corrected chi connectivity index (χ2v) is 7.92. The van der Waals surface area contributed by atoms with Gasteiger partial charge in [-0.3, -0.25) is 4.79 Å². The zero-order valence-electron chi connectivity index (χ0n) is 18.8. The molecule has 2 aromatic carbocycles. The first-order chi connectivity index (χ1) is 14.8. The highest BCUT2D eigenvalue weighted by Crippen LogP contribution is 2.23. The van der Waals surface area contributed by atoms with Crippen molar-refractivity contribution in [2.75, 3.05) is 25.5 Å². The highest BCUT2D eigenvalue weighted by molar-refractivity contribution is 5.98. The Balaban J connectivity index is 1.83. The molecule has 0 aliphatic rings. The second kappa shape index (κ2) is 9.71. The Bertz CT molecular complexity index is 1100. The molecule has 0 aliphatic carbocycles. The molecule has 31 heavy (non-hydrogen) atoms. The van der Waals surface area contributed by atoms with Crippen LogP contribution in [0.15, 0.2) is 42.5 Å². The molecule has 162 valence electrons. The molecule has 3 aromatic rings. The van der Waals surface area contributed by atoms with E-state index >= 15 is 0 Å². The molecule has 0 spiro atoms. The smallest absolute Gasteiger partial charge is 0.340 e. The van der Waals surface area contributed by atoms with Gasteiger partial charge in [-0.2, -0.15) is 0 Å². The molecule has 0 saturated carbocycles. The minimum absolute atomic E-state index is 0.0786. The lowest BCUT2D eigenvalue weighted by Gasteiger charge is -2.18. The van der Waals surface area contributed by atoms with Gasteiger partial charge in [0.25, 0.3) is 5.91 Å². The third-order valence-electron chi connectivity index (χ3n) is 5.38. The Morgan fingerprint density at radius 3 is 2.39 bits per heavy atom. The Kier molecular flexibility index (Phi) is 7.02. The van der Waals surface area contributed by atoms with E-state index < -0.39 is 0 Å². The Morgan fingerprint density at radius 2 is 1.71 bits per heavy atom. The lowest BCUT2D eigenvalue weighted by molar-refractivity contribution is -0.885. The van der Waals surface area contributed by atoms with Crippen LogP contribution in [0.25, 0.3) is 10.9 Å². The number of nitrogens with zero attached hydrogens (tertiary/aromatic N) is 1. The number of carbonyl (C=O) groups excluding carboxylic acids is 2. The van der Waals surface area contributed by atoms with Crippen LogP contribution in [0.2, 0.25) is 0 Å². The first-order valence-electron chi connectivity index (χ1n) is 10.5. The fourth-order valence-corrected chi connectivity index (χ4v) is 3.86. The van der Waals surface area contributed by atoms with Gasteiger partial charge in [0.15, 0.2) is 6.54 Å². The third kappa shape index (κ3) is 5.09. The zero-order valence-corrected chi connectivity index (χ0v) is 18.8. The van der Waals surface area contributed by atoms with Crippen LogP contribution >= 0.6 is 0 Å². The molecule has 0 fully saturated rings. The molecule has 0 saturated heterocycles. The number of quaternary nitrogens is 1. The number of rotatable bonds is 7. The fraction of sp³-hybridized carbons (Fsp3) is 0.320. The number of para-hydroxylation sites is 2. The molecule has 3 rings (SSSR count). The van der Waals surface area contributed by atoms with E-state index in [1.165, 1.54) is 0 Å². The number of hydrogen-bond acceptors (Lipinski definition) is 4. The van der Waals surface area contributed by atoms with Gasteiger partial charge in [0, 0.05) is 11.1 Å². The molecule has 2 N–H and O–H groups in total. The number of aryl methyl sites for hydroxylation is 3. The molecule has 6 heteroatoms. The van der Waals surface area contributed by atoms with Crippen molar-refractivity contribution < 1.29 is 19.2 Å². The summed E-state index contributed by atoms with van der Waals surface area (Å²) in [6.07, 6.45) is 0. The number of anilines is 1. The van der Waals surface area contributed by atoms with Gasteiger partial charge in [-0.25, -0.2) is 9.78 Å². The molecule has 0 aliphatic heterocycles. The van der Waals surface area contributed by atoms with E-state index in [4.69, 9.17) is 9.72 Å². The Labute approximate surface area is 183 Å². The number of carbonyl (C=O) groups is 2. The van der Waals surface area contributed by atoms with E-state index in [2.05, 4.69) is 5.32 Å². The summed E-state index contributed by atoms with van der Waals surface area (Å²) >= 11 is 0. The molecule has 1 amide bonds. The van der Waals surface area contributed by atoms with Crippen molar-refractivity contribution in [1.29, 1.82) is 0 Å². The molecule has 1 aromatic heterocycles. The van der Waals surface area contributed by atoms with Gasteiger partial charge < -0.3 is 15.0 Å². The summed E-state index contributed by atoms with van der Waals surface area (Å²) in [5.41, 5.74) is 5.74. The number of ether oxygens (including phenoxy) is 1. The molecular formula is C25H30N3O3+. The second-order valence-electron chi connectivity index (χ2n) is 7.92. The predicted molar refractivity (Wildman–Crippen MR) is 122 cm³/mol. The molecule has 0 radical (unpaired) electrons. The molecule has 0 bridgehead atoms. The molecular weight excluding hydrogens is 390 g/mol. The summed E-state index contributed by atoms with van der Waals surface area (Å²) in [7, 11) is 1.92.